The first kappa shape index (κ1) is 19.6. The van der Waals surface area contributed by atoms with Crippen LogP contribution < -0.4 is 4.90 Å². The minimum Gasteiger partial charge on any atom is -0.339 e. The SMILES string of the molecule is Cc1ccc(-c2noc(CCC(=O)N(C)c3cccc(C(F)(F)F)c3)n2)cc1. The van der Waals surface area contributed by atoms with Crippen LogP contribution in [-0.2, 0) is 17.4 Å². The van der Waals surface area contributed by atoms with Gasteiger partial charge in [-0.25, -0.2) is 0 Å². The number of aromatic nitrogens is 2. The molecule has 0 bridgehead atoms. The number of aryl methyl sites for hydroxylation is 2. The minimum absolute atomic E-state index is 0.0300. The Morgan fingerprint density at radius 3 is 2.54 bits per heavy atom. The highest BCUT2D eigenvalue weighted by molar-refractivity contribution is 5.92. The van der Waals surface area contributed by atoms with Gasteiger partial charge in [0.2, 0.25) is 17.6 Å². The summed E-state index contributed by atoms with van der Waals surface area (Å²) in [5.41, 5.74) is 1.28. The van der Waals surface area contributed by atoms with E-state index in [0.717, 1.165) is 23.3 Å². The van der Waals surface area contributed by atoms with E-state index in [1.165, 1.54) is 24.1 Å². The van der Waals surface area contributed by atoms with Crippen molar-refractivity contribution >= 4 is 11.6 Å². The fraction of sp³-hybridized carbons (Fsp3) is 0.250. The van der Waals surface area contributed by atoms with Crippen LogP contribution in [0.25, 0.3) is 11.4 Å². The summed E-state index contributed by atoms with van der Waals surface area (Å²) in [7, 11) is 1.43. The van der Waals surface area contributed by atoms with Gasteiger partial charge in [0.05, 0.1) is 5.56 Å². The predicted molar refractivity (Wildman–Crippen MR) is 97.6 cm³/mol. The first-order valence-corrected chi connectivity index (χ1v) is 8.57. The topological polar surface area (TPSA) is 59.2 Å². The molecular weight excluding hydrogens is 371 g/mol. The highest BCUT2D eigenvalue weighted by Crippen LogP contribution is 2.31. The monoisotopic (exact) mass is 389 g/mol. The minimum atomic E-state index is -4.46. The van der Waals surface area contributed by atoms with Gasteiger partial charge in [0.1, 0.15) is 0 Å². The fourth-order valence-corrected chi connectivity index (χ4v) is 2.59. The third-order valence-corrected chi connectivity index (χ3v) is 4.27. The Morgan fingerprint density at radius 2 is 1.86 bits per heavy atom. The van der Waals surface area contributed by atoms with Gasteiger partial charge in [0, 0.05) is 31.1 Å². The van der Waals surface area contributed by atoms with Crippen LogP contribution in [-0.4, -0.2) is 23.1 Å². The van der Waals surface area contributed by atoms with Crippen LogP contribution in [0, 0.1) is 6.92 Å². The summed E-state index contributed by atoms with van der Waals surface area (Å²) in [6.07, 6.45) is -4.24. The maximum Gasteiger partial charge on any atom is 0.416 e. The molecular formula is C20H18F3N3O2. The number of anilines is 1. The van der Waals surface area contributed by atoms with Crippen LogP contribution in [0.1, 0.15) is 23.4 Å². The maximum atomic E-state index is 12.8. The number of carbonyl (C=O) groups excluding carboxylic acids is 1. The number of amides is 1. The molecule has 146 valence electrons. The van der Waals surface area contributed by atoms with Crippen molar-refractivity contribution < 1.29 is 22.5 Å². The Balaban J connectivity index is 1.63. The average Bonchev–Trinajstić information content (AvgIpc) is 3.14. The Labute approximate surface area is 159 Å². The number of rotatable bonds is 5. The fourth-order valence-electron chi connectivity index (χ4n) is 2.59. The standard InChI is InChI=1S/C20H18F3N3O2/c1-13-6-8-14(9-7-13)19-24-17(28-25-19)10-11-18(27)26(2)16-5-3-4-15(12-16)20(21,22)23/h3-9,12H,10-11H2,1-2H3. The number of halogens is 3. The first-order valence-electron chi connectivity index (χ1n) is 8.57. The number of carbonyl (C=O) groups is 1. The van der Waals surface area contributed by atoms with Crippen molar-refractivity contribution in [1.82, 2.24) is 10.1 Å². The van der Waals surface area contributed by atoms with Crippen LogP contribution in [0.5, 0.6) is 0 Å². The Kier molecular flexibility index (Phi) is 5.48. The van der Waals surface area contributed by atoms with Gasteiger partial charge in [-0.1, -0.05) is 41.1 Å². The van der Waals surface area contributed by atoms with Crippen molar-refractivity contribution in [3.05, 3.63) is 65.5 Å². The van der Waals surface area contributed by atoms with E-state index in [4.69, 9.17) is 4.52 Å². The average molecular weight is 389 g/mol. The Bertz CT molecular complexity index is 965. The zero-order valence-electron chi connectivity index (χ0n) is 15.3. The molecule has 1 heterocycles. The van der Waals surface area contributed by atoms with Crippen LogP contribution in [0.3, 0.4) is 0 Å². The molecule has 0 N–H and O–H groups in total. The quantitative estimate of drug-likeness (QED) is 0.637. The van der Waals surface area contributed by atoms with Gasteiger partial charge in [0.15, 0.2) is 0 Å². The van der Waals surface area contributed by atoms with Crippen LogP contribution >= 0.6 is 0 Å². The van der Waals surface area contributed by atoms with E-state index >= 15 is 0 Å². The molecule has 0 radical (unpaired) electrons. The summed E-state index contributed by atoms with van der Waals surface area (Å²) >= 11 is 0. The second kappa shape index (κ2) is 7.84. The molecule has 0 unspecified atom stereocenters. The molecule has 28 heavy (non-hydrogen) atoms. The second-order valence-electron chi connectivity index (χ2n) is 6.38. The predicted octanol–water partition coefficient (Wildman–Crippen LogP) is 4.66. The normalized spacial score (nSPS) is 11.5. The largest absolute Gasteiger partial charge is 0.416 e. The lowest BCUT2D eigenvalue weighted by molar-refractivity contribution is -0.137. The number of nitrogens with zero attached hydrogens (tertiary/aromatic N) is 3. The lowest BCUT2D eigenvalue weighted by atomic mass is 10.1. The molecule has 3 rings (SSSR count). The molecule has 0 atom stereocenters. The number of hydrogen-bond donors (Lipinski definition) is 0. The summed E-state index contributed by atoms with van der Waals surface area (Å²) in [6, 6.07) is 12.2. The van der Waals surface area contributed by atoms with Crippen molar-refractivity contribution in [3.63, 3.8) is 0 Å². The van der Waals surface area contributed by atoms with E-state index < -0.39 is 11.7 Å². The van der Waals surface area contributed by atoms with E-state index in [1.54, 1.807) is 0 Å². The molecule has 3 aromatic rings. The molecule has 0 aliphatic rings. The third kappa shape index (κ3) is 4.57. The zero-order valence-corrected chi connectivity index (χ0v) is 15.3. The molecule has 0 saturated heterocycles. The lowest BCUT2D eigenvalue weighted by Gasteiger charge is -2.18. The van der Waals surface area contributed by atoms with Gasteiger partial charge < -0.3 is 9.42 Å². The summed E-state index contributed by atoms with van der Waals surface area (Å²) < 4.78 is 43.7. The van der Waals surface area contributed by atoms with Gasteiger partial charge in [-0.05, 0) is 25.1 Å². The molecule has 1 amide bonds. The molecule has 0 fully saturated rings. The van der Waals surface area contributed by atoms with E-state index in [2.05, 4.69) is 10.1 Å². The summed E-state index contributed by atoms with van der Waals surface area (Å²) in [5.74, 6) is 0.365. The first-order chi connectivity index (χ1) is 13.2. The molecule has 0 aliphatic heterocycles. The highest BCUT2D eigenvalue weighted by Gasteiger charge is 2.31. The molecule has 1 aromatic heterocycles. The van der Waals surface area contributed by atoms with E-state index in [9.17, 15) is 18.0 Å². The summed E-state index contributed by atoms with van der Waals surface area (Å²) in [5, 5.41) is 3.90. The van der Waals surface area contributed by atoms with E-state index in [0.29, 0.717) is 11.7 Å². The second-order valence-corrected chi connectivity index (χ2v) is 6.38. The van der Waals surface area contributed by atoms with Crippen LogP contribution in [0.4, 0.5) is 18.9 Å². The van der Waals surface area contributed by atoms with E-state index in [-0.39, 0.29) is 24.4 Å². The number of hydrogen-bond acceptors (Lipinski definition) is 4. The zero-order chi connectivity index (χ0) is 20.3. The van der Waals surface area contributed by atoms with Crippen molar-refractivity contribution in [3.8, 4) is 11.4 Å². The molecule has 5 nitrogen and oxygen atoms in total. The van der Waals surface area contributed by atoms with Crippen molar-refractivity contribution in [2.24, 2.45) is 0 Å². The molecule has 0 spiro atoms. The number of benzene rings is 2. The summed E-state index contributed by atoms with van der Waals surface area (Å²) in [6.45, 7) is 1.97. The van der Waals surface area contributed by atoms with Gasteiger partial charge in [-0.3, -0.25) is 4.79 Å². The lowest BCUT2D eigenvalue weighted by Crippen LogP contribution is -2.26. The Hall–Kier alpha value is -3.16. The van der Waals surface area contributed by atoms with Crippen LogP contribution in [0.2, 0.25) is 0 Å². The highest BCUT2D eigenvalue weighted by atomic mass is 19.4. The molecule has 8 heteroatoms. The molecule has 0 aliphatic carbocycles. The van der Waals surface area contributed by atoms with Gasteiger partial charge >= 0.3 is 6.18 Å². The number of alkyl halides is 3. The van der Waals surface area contributed by atoms with Crippen molar-refractivity contribution in [2.75, 3.05) is 11.9 Å². The molecule has 0 saturated carbocycles. The van der Waals surface area contributed by atoms with Crippen LogP contribution in [0.15, 0.2) is 53.1 Å². The maximum absolute atomic E-state index is 12.8. The van der Waals surface area contributed by atoms with Gasteiger partial charge in [-0.15, -0.1) is 0 Å². The third-order valence-electron chi connectivity index (χ3n) is 4.27. The van der Waals surface area contributed by atoms with Gasteiger partial charge in [-0.2, -0.15) is 18.2 Å². The van der Waals surface area contributed by atoms with Crippen molar-refractivity contribution in [1.29, 1.82) is 0 Å². The van der Waals surface area contributed by atoms with Crippen molar-refractivity contribution in [2.45, 2.75) is 25.9 Å². The Morgan fingerprint density at radius 1 is 1.14 bits per heavy atom. The van der Waals surface area contributed by atoms with E-state index in [1.807, 2.05) is 31.2 Å². The van der Waals surface area contributed by atoms with Gasteiger partial charge in [0.25, 0.3) is 0 Å². The summed E-state index contributed by atoms with van der Waals surface area (Å²) in [4.78, 5) is 17.8. The molecule has 2 aromatic carbocycles. The smallest absolute Gasteiger partial charge is 0.339 e.